The third-order valence-corrected chi connectivity index (χ3v) is 3.61. The molecule has 1 heterocycles. The van der Waals surface area contributed by atoms with Crippen LogP contribution in [0.25, 0.3) is 0 Å². The molecule has 2 nitrogen and oxygen atoms in total. The molecule has 0 saturated heterocycles. The summed E-state index contributed by atoms with van der Waals surface area (Å²) in [6.07, 6.45) is 4.15. The van der Waals surface area contributed by atoms with Crippen LogP contribution in [0.4, 0.5) is 0 Å². The standard InChI is InChI=1S/C12H15NO.C2H6.H2/c1-6(2)7-4-11-10(5-12(14)13-11)9-3-8(7)9;1-2;/h4,6,8-9H,3,5H2,1-2H3,(H,13,14);1-2H3;1H. The first kappa shape index (κ1) is 11.4. The highest BCUT2D eigenvalue weighted by Crippen LogP contribution is 2.56. The molecule has 2 heteroatoms. The van der Waals surface area contributed by atoms with E-state index < -0.39 is 0 Å². The lowest BCUT2D eigenvalue weighted by Gasteiger charge is -2.16. The zero-order valence-corrected chi connectivity index (χ0v) is 10.6. The number of allylic oxidation sites excluding steroid dienone is 2. The maximum absolute atomic E-state index is 11.3. The van der Waals surface area contributed by atoms with E-state index in [9.17, 15) is 4.79 Å². The van der Waals surface area contributed by atoms with E-state index in [4.69, 9.17) is 0 Å². The Kier molecular flexibility index (Phi) is 2.92. The molecule has 0 spiro atoms. The molecular weight excluding hydrogens is 198 g/mol. The lowest BCUT2D eigenvalue weighted by Crippen LogP contribution is -2.15. The molecule has 1 fully saturated rings. The van der Waals surface area contributed by atoms with E-state index in [1.165, 1.54) is 17.6 Å². The van der Waals surface area contributed by atoms with E-state index in [0.717, 1.165) is 11.6 Å². The van der Waals surface area contributed by atoms with Gasteiger partial charge < -0.3 is 5.32 Å². The second kappa shape index (κ2) is 4.08. The Balaban J connectivity index is 0.000000459. The van der Waals surface area contributed by atoms with E-state index in [-0.39, 0.29) is 7.33 Å². The van der Waals surface area contributed by atoms with Gasteiger partial charge in [-0.05, 0) is 35.8 Å². The summed E-state index contributed by atoms with van der Waals surface area (Å²) in [5.74, 6) is 2.27. The largest absolute Gasteiger partial charge is 0.326 e. The van der Waals surface area contributed by atoms with Crippen molar-refractivity contribution in [2.75, 3.05) is 0 Å². The van der Waals surface area contributed by atoms with Crippen molar-refractivity contribution in [3.8, 4) is 0 Å². The van der Waals surface area contributed by atoms with Gasteiger partial charge in [0.25, 0.3) is 0 Å². The van der Waals surface area contributed by atoms with E-state index in [1.807, 2.05) is 13.8 Å². The van der Waals surface area contributed by atoms with Gasteiger partial charge in [0.05, 0.1) is 6.42 Å². The number of nitrogens with one attached hydrogen (secondary N) is 1. The van der Waals surface area contributed by atoms with Gasteiger partial charge >= 0.3 is 0 Å². The van der Waals surface area contributed by atoms with E-state index in [1.54, 1.807) is 0 Å². The van der Waals surface area contributed by atoms with Crippen molar-refractivity contribution in [3.05, 3.63) is 22.9 Å². The Hall–Kier alpha value is -1.05. The Labute approximate surface area is 99.3 Å². The number of rotatable bonds is 1. The molecule has 2 atom stereocenters. The van der Waals surface area contributed by atoms with Crippen LogP contribution in [0.2, 0.25) is 0 Å². The van der Waals surface area contributed by atoms with Gasteiger partial charge in [-0.1, -0.05) is 33.3 Å². The summed E-state index contributed by atoms with van der Waals surface area (Å²) in [6.45, 7) is 8.48. The molecule has 1 N–H and O–H groups in total. The molecule has 0 bridgehead atoms. The van der Waals surface area contributed by atoms with Crippen LogP contribution in [0.1, 0.15) is 42.0 Å². The minimum absolute atomic E-state index is 0. The summed E-state index contributed by atoms with van der Waals surface area (Å²) in [6, 6.07) is 0. The SMILES string of the molecule is CC.CC(C)C1=CC2=C(CC(=O)N2)C2CC12.[HH]. The predicted molar refractivity (Wildman–Crippen MR) is 67.8 cm³/mol. The normalized spacial score (nSPS) is 30.1. The van der Waals surface area contributed by atoms with Crippen LogP contribution in [0.5, 0.6) is 0 Å². The van der Waals surface area contributed by atoms with E-state index in [0.29, 0.717) is 18.3 Å². The van der Waals surface area contributed by atoms with Crippen molar-refractivity contribution < 1.29 is 6.22 Å². The molecule has 1 amide bonds. The van der Waals surface area contributed by atoms with Gasteiger partial charge in [0.15, 0.2) is 0 Å². The van der Waals surface area contributed by atoms with Gasteiger partial charge in [-0.15, -0.1) is 0 Å². The van der Waals surface area contributed by atoms with Crippen LogP contribution in [-0.2, 0) is 4.79 Å². The van der Waals surface area contributed by atoms with Crippen LogP contribution in [0.15, 0.2) is 22.9 Å². The highest BCUT2D eigenvalue weighted by molar-refractivity contribution is 5.86. The number of carbonyl (C=O) groups is 1. The highest BCUT2D eigenvalue weighted by Gasteiger charge is 2.48. The molecule has 2 aliphatic carbocycles. The topological polar surface area (TPSA) is 29.1 Å². The molecule has 1 aliphatic heterocycles. The van der Waals surface area contributed by atoms with Crippen LogP contribution in [0, 0.1) is 17.8 Å². The first-order valence-corrected chi connectivity index (χ1v) is 6.41. The zero-order chi connectivity index (χ0) is 11.9. The summed E-state index contributed by atoms with van der Waals surface area (Å²) in [7, 11) is 0. The van der Waals surface area contributed by atoms with Gasteiger partial charge in [-0.3, -0.25) is 4.79 Å². The maximum Gasteiger partial charge on any atom is 0.228 e. The fourth-order valence-electron chi connectivity index (χ4n) is 2.82. The fraction of sp³-hybridized carbons (Fsp3) is 0.643. The van der Waals surface area contributed by atoms with E-state index in [2.05, 4.69) is 25.2 Å². The monoisotopic (exact) mass is 221 g/mol. The average molecular weight is 221 g/mol. The molecule has 0 aromatic rings. The number of carbonyl (C=O) groups excluding carboxylic acids is 1. The fourth-order valence-corrected chi connectivity index (χ4v) is 2.82. The van der Waals surface area contributed by atoms with Crippen molar-refractivity contribution in [1.29, 1.82) is 0 Å². The van der Waals surface area contributed by atoms with Crippen molar-refractivity contribution in [2.24, 2.45) is 17.8 Å². The lowest BCUT2D eigenvalue weighted by atomic mass is 9.90. The zero-order valence-electron chi connectivity index (χ0n) is 10.6. The Morgan fingerprint density at radius 1 is 1.38 bits per heavy atom. The Bertz CT molecular complexity index is 382. The summed E-state index contributed by atoms with van der Waals surface area (Å²) in [4.78, 5) is 11.3. The predicted octanol–water partition coefficient (Wildman–Crippen LogP) is 3.26. The van der Waals surface area contributed by atoms with Crippen LogP contribution in [-0.4, -0.2) is 5.91 Å². The molecule has 0 aromatic carbocycles. The summed E-state index contributed by atoms with van der Waals surface area (Å²) >= 11 is 0. The lowest BCUT2D eigenvalue weighted by molar-refractivity contribution is -0.118. The van der Waals surface area contributed by atoms with Crippen LogP contribution in [0.3, 0.4) is 0 Å². The number of fused-ring (bicyclic) bond motifs is 2. The van der Waals surface area contributed by atoms with E-state index >= 15 is 0 Å². The average Bonchev–Trinajstić information content (AvgIpc) is 2.96. The van der Waals surface area contributed by atoms with Crippen molar-refractivity contribution in [1.82, 2.24) is 5.32 Å². The second-order valence-corrected chi connectivity index (χ2v) is 4.91. The summed E-state index contributed by atoms with van der Waals surface area (Å²) in [5.41, 5.74) is 4.04. The third-order valence-electron chi connectivity index (χ3n) is 3.61. The molecule has 2 unspecified atom stereocenters. The molecule has 3 rings (SSSR count). The minimum atomic E-state index is 0. The quantitative estimate of drug-likeness (QED) is 0.723. The Morgan fingerprint density at radius 3 is 2.69 bits per heavy atom. The molecule has 16 heavy (non-hydrogen) atoms. The van der Waals surface area contributed by atoms with Crippen molar-refractivity contribution >= 4 is 5.91 Å². The van der Waals surface area contributed by atoms with Gasteiger partial charge in [-0.2, -0.15) is 0 Å². The van der Waals surface area contributed by atoms with Crippen LogP contribution < -0.4 is 5.32 Å². The third kappa shape index (κ3) is 1.70. The van der Waals surface area contributed by atoms with Crippen LogP contribution >= 0.6 is 0 Å². The summed E-state index contributed by atoms with van der Waals surface area (Å²) in [5, 5.41) is 2.96. The smallest absolute Gasteiger partial charge is 0.228 e. The van der Waals surface area contributed by atoms with Gasteiger partial charge in [-0.25, -0.2) is 0 Å². The molecule has 3 aliphatic rings. The number of amides is 1. The number of hydrogen-bond donors (Lipinski definition) is 1. The van der Waals surface area contributed by atoms with Gasteiger partial charge in [0.2, 0.25) is 5.91 Å². The van der Waals surface area contributed by atoms with Gasteiger partial charge in [0.1, 0.15) is 0 Å². The van der Waals surface area contributed by atoms with Crippen molar-refractivity contribution in [3.63, 3.8) is 0 Å². The Morgan fingerprint density at radius 2 is 2.06 bits per heavy atom. The summed E-state index contributed by atoms with van der Waals surface area (Å²) < 4.78 is 0. The second-order valence-electron chi connectivity index (χ2n) is 4.91. The highest BCUT2D eigenvalue weighted by atomic mass is 16.1. The first-order chi connectivity index (χ1) is 7.66. The first-order valence-electron chi connectivity index (χ1n) is 6.41. The molecule has 0 radical (unpaired) electrons. The minimum Gasteiger partial charge on any atom is -0.326 e. The maximum atomic E-state index is 11.3. The molecule has 0 aromatic heterocycles. The van der Waals surface area contributed by atoms with Gasteiger partial charge in [0, 0.05) is 7.12 Å². The molecule has 1 saturated carbocycles. The van der Waals surface area contributed by atoms with Crippen molar-refractivity contribution in [2.45, 2.75) is 40.5 Å². The number of hydrogen-bond acceptors (Lipinski definition) is 1. The molecule has 90 valence electrons. The molecular formula is C14H23NO.